The minimum Gasteiger partial charge on any atom is -0.489 e. The van der Waals surface area contributed by atoms with Gasteiger partial charge in [0.25, 0.3) is 0 Å². The van der Waals surface area contributed by atoms with Crippen molar-refractivity contribution < 1.29 is 22.7 Å². The van der Waals surface area contributed by atoms with Crippen molar-refractivity contribution in [1.29, 1.82) is 0 Å². The first-order valence-corrected chi connectivity index (χ1v) is 18.4. The summed E-state index contributed by atoms with van der Waals surface area (Å²) in [5.74, 6) is -0.155. The smallest absolute Gasteiger partial charge is 0.244 e. The van der Waals surface area contributed by atoms with E-state index in [-0.39, 0.29) is 24.9 Å². The monoisotopic (exact) mass is 717 g/mol. The molecule has 1 fully saturated rings. The molecule has 1 saturated carbocycles. The Bertz CT molecular complexity index is 1730. The Hall–Kier alpha value is -4.15. The SMILES string of the molecule is CS(=O)(=O)N(CC(=O)N(Cc1cccc(Br)c1)C(Cc1ccccc1)C(=O)NC1CCCC1)c1ccc(OCc2ccccc2)cc1. The molecule has 0 radical (unpaired) electrons. The van der Waals surface area contributed by atoms with Crippen molar-refractivity contribution in [3.8, 4) is 5.75 Å². The standard InChI is InChI=1S/C37H40BrN3O5S/c1-47(44,45)41(33-19-21-34(22-20-33)46-27-29-13-6-3-7-14-29)26-36(42)40(25-30-15-10-16-31(38)23-30)35(24-28-11-4-2-5-12-28)37(43)39-32-17-8-9-18-32/h2-7,10-16,19-23,32,35H,8-9,17-18,24-27H2,1H3,(H,39,43). The lowest BCUT2D eigenvalue weighted by Crippen LogP contribution is -2.54. The second-order valence-corrected chi connectivity index (χ2v) is 14.7. The van der Waals surface area contributed by atoms with Crippen LogP contribution in [-0.2, 0) is 39.2 Å². The molecule has 2 amide bonds. The van der Waals surface area contributed by atoms with Crippen molar-refractivity contribution in [1.82, 2.24) is 10.2 Å². The summed E-state index contributed by atoms with van der Waals surface area (Å²) in [7, 11) is -3.88. The number of anilines is 1. The molecule has 4 aromatic carbocycles. The van der Waals surface area contributed by atoms with E-state index in [2.05, 4.69) is 21.2 Å². The Labute approximate surface area is 285 Å². The number of rotatable bonds is 14. The molecule has 0 aromatic heterocycles. The van der Waals surface area contributed by atoms with Gasteiger partial charge in [-0.15, -0.1) is 0 Å². The number of sulfonamides is 1. The largest absolute Gasteiger partial charge is 0.489 e. The predicted molar refractivity (Wildman–Crippen MR) is 188 cm³/mol. The molecule has 0 spiro atoms. The van der Waals surface area contributed by atoms with E-state index in [1.165, 1.54) is 4.90 Å². The quantitative estimate of drug-likeness (QED) is 0.161. The van der Waals surface area contributed by atoms with Crippen LogP contribution < -0.4 is 14.4 Å². The van der Waals surface area contributed by atoms with E-state index in [0.717, 1.165) is 57.4 Å². The predicted octanol–water partition coefficient (Wildman–Crippen LogP) is 6.49. The average Bonchev–Trinajstić information content (AvgIpc) is 3.58. The summed E-state index contributed by atoms with van der Waals surface area (Å²) < 4.78 is 34.1. The van der Waals surface area contributed by atoms with Crippen molar-refractivity contribution in [2.45, 2.75) is 57.3 Å². The summed E-state index contributed by atoms with van der Waals surface area (Å²) in [6, 6.07) is 32.7. The van der Waals surface area contributed by atoms with Crippen LogP contribution in [0.1, 0.15) is 42.4 Å². The van der Waals surface area contributed by atoms with Crippen LogP contribution in [0.25, 0.3) is 0 Å². The first-order valence-electron chi connectivity index (χ1n) is 15.8. The third-order valence-electron chi connectivity index (χ3n) is 8.27. The van der Waals surface area contributed by atoms with E-state index in [9.17, 15) is 18.0 Å². The summed E-state index contributed by atoms with van der Waals surface area (Å²) in [5, 5.41) is 3.19. The third kappa shape index (κ3) is 9.92. The second-order valence-electron chi connectivity index (χ2n) is 11.9. The van der Waals surface area contributed by atoms with Crippen LogP contribution in [0.5, 0.6) is 5.75 Å². The number of amides is 2. The van der Waals surface area contributed by atoms with Gasteiger partial charge in [0.05, 0.1) is 11.9 Å². The van der Waals surface area contributed by atoms with Crippen LogP contribution in [0, 0.1) is 0 Å². The van der Waals surface area contributed by atoms with Gasteiger partial charge in [-0.3, -0.25) is 13.9 Å². The Morgan fingerprint density at radius 1 is 0.851 bits per heavy atom. The van der Waals surface area contributed by atoms with E-state index in [1.807, 2.05) is 84.9 Å². The van der Waals surface area contributed by atoms with Crippen molar-refractivity contribution in [2.24, 2.45) is 0 Å². The van der Waals surface area contributed by atoms with E-state index in [0.29, 0.717) is 18.0 Å². The number of benzene rings is 4. The first kappa shape index (κ1) is 34.2. The molecular formula is C37H40BrN3O5S. The number of nitrogens with zero attached hydrogens (tertiary/aromatic N) is 2. The highest BCUT2D eigenvalue weighted by molar-refractivity contribution is 9.10. The lowest BCUT2D eigenvalue weighted by molar-refractivity contribution is -0.140. The van der Waals surface area contributed by atoms with Crippen LogP contribution in [0.2, 0.25) is 0 Å². The Morgan fingerprint density at radius 3 is 2.09 bits per heavy atom. The highest BCUT2D eigenvalue weighted by Gasteiger charge is 2.34. The molecule has 1 N–H and O–H groups in total. The lowest BCUT2D eigenvalue weighted by Gasteiger charge is -2.34. The fourth-order valence-corrected chi connectivity index (χ4v) is 7.11. The Balaban J connectivity index is 1.43. The first-order chi connectivity index (χ1) is 22.7. The van der Waals surface area contributed by atoms with Crippen molar-refractivity contribution in [3.63, 3.8) is 0 Å². The minimum absolute atomic E-state index is 0.0544. The summed E-state index contributed by atoms with van der Waals surface area (Å²) in [4.78, 5) is 29.9. The normalized spacial score (nSPS) is 13.9. The van der Waals surface area contributed by atoms with Crippen molar-refractivity contribution >= 4 is 43.5 Å². The van der Waals surface area contributed by atoms with Crippen LogP contribution in [0.4, 0.5) is 5.69 Å². The molecule has 246 valence electrons. The average molecular weight is 719 g/mol. The van der Waals surface area contributed by atoms with Crippen LogP contribution >= 0.6 is 15.9 Å². The van der Waals surface area contributed by atoms with Gasteiger partial charge >= 0.3 is 0 Å². The van der Waals surface area contributed by atoms with E-state index >= 15 is 0 Å². The molecule has 0 heterocycles. The molecule has 8 nitrogen and oxygen atoms in total. The molecule has 0 saturated heterocycles. The maximum absolute atomic E-state index is 14.4. The van der Waals surface area contributed by atoms with Gasteiger partial charge in [0.2, 0.25) is 21.8 Å². The summed E-state index contributed by atoms with van der Waals surface area (Å²) >= 11 is 3.51. The molecule has 1 aliphatic rings. The van der Waals surface area contributed by atoms with Gasteiger partial charge in [-0.1, -0.05) is 102 Å². The maximum atomic E-state index is 14.4. The molecule has 1 atom stereocenters. The van der Waals surface area contributed by atoms with Crippen molar-refractivity contribution in [2.75, 3.05) is 17.1 Å². The molecular weight excluding hydrogens is 678 g/mol. The number of hydrogen-bond donors (Lipinski definition) is 1. The zero-order chi connectivity index (χ0) is 33.2. The second kappa shape index (κ2) is 16.1. The van der Waals surface area contributed by atoms with Gasteiger partial charge in [0.15, 0.2) is 0 Å². The van der Waals surface area contributed by atoms with Crippen LogP contribution in [-0.4, -0.2) is 50.0 Å². The molecule has 4 aromatic rings. The zero-order valence-electron chi connectivity index (χ0n) is 26.4. The van der Waals surface area contributed by atoms with E-state index in [1.54, 1.807) is 24.3 Å². The van der Waals surface area contributed by atoms with Gasteiger partial charge in [0.1, 0.15) is 24.9 Å². The number of halogens is 1. The van der Waals surface area contributed by atoms with Gasteiger partial charge < -0.3 is 15.0 Å². The number of hydrogen-bond acceptors (Lipinski definition) is 5. The van der Waals surface area contributed by atoms with Gasteiger partial charge in [-0.25, -0.2) is 8.42 Å². The minimum atomic E-state index is -3.88. The molecule has 5 rings (SSSR count). The molecule has 10 heteroatoms. The van der Waals surface area contributed by atoms with Crippen LogP contribution in [0.15, 0.2) is 114 Å². The number of nitrogens with one attached hydrogen (secondary N) is 1. The molecule has 0 aliphatic heterocycles. The molecule has 1 unspecified atom stereocenters. The maximum Gasteiger partial charge on any atom is 0.244 e. The Morgan fingerprint density at radius 2 is 1.47 bits per heavy atom. The van der Waals surface area contributed by atoms with Gasteiger partial charge in [-0.05, 0) is 65.9 Å². The topological polar surface area (TPSA) is 96.0 Å². The van der Waals surface area contributed by atoms with Crippen molar-refractivity contribution in [3.05, 3.63) is 130 Å². The van der Waals surface area contributed by atoms with E-state index in [4.69, 9.17) is 4.74 Å². The number of carbonyl (C=O) groups excluding carboxylic acids is 2. The van der Waals surface area contributed by atoms with E-state index < -0.39 is 28.5 Å². The molecule has 47 heavy (non-hydrogen) atoms. The molecule has 1 aliphatic carbocycles. The highest BCUT2D eigenvalue weighted by Crippen LogP contribution is 2.25. The summed E-state index contributed by atoms with van der Waals surface area (Å²) in [6.07, 6.45) is 5.26. The zero-order valence-corrected chi connectivity index (χ0v) is 28.8. The highest BCUT2D eigenvalue weighted by atomic mass is 79.9. The van der Waals surface area contributed by atoms with Gasteiger partial charge in [0, 0.05) is 23.5 Å². The third-order valence-corrected chi connectivity index (χ3v) is 9.90. The summed E-state index contributed by atoms with van der Waals surface area (Å²) in [6.45, 7) is 0.0154. The van der Waals surface area contributed by atoms with Crippen LogP contribution in [0.3, 0.4) is 0 Å². The fourth-order valence-electron chi connectivity index (χ4n) is 5.82. The lowest BCUT2D eigenvalue weighted by atomic mass is 10.0. The number of ether oxygens (including phenoxy) is 1. The number of carbonyl (C=O) groups is 2. The summed E-state index contributed by atoms with van der Waals surface area (Å²) in [5.41, 5.74) is 3.04. The fraction of sp³-hybridized carbons (Fsp3) is 0.297. The van der Waals surface area contributed by atoms with Gasteiger partial charge in [-0.2, -0.15) is 0 Å². The molecule has 0 bridgehead atoms. The Kier molecular flexibility index (Phi) is 11.7.